The molecule has 1 fully saturated rings. The molecule has 3 aromatic carbocycles. The summed E-state index contributed by atoms with van der Waals surface area (Å²) in [6.45, 7) is 1.91. The normalized spacial score (nSPS) is 17.6. The topological polar surface area (TPSA) is 66.8 Å². The molecule has 0 saturated carbocycles. The van der Waals surface area contributed by atoms with Crippen LogP contribution in [0.2, 0.25) is 10.0 Å². The highest BCUT2D eigenvalue weighted by Crippen LogP contribution is 2.43. The largest absolute Gasteiger partial charge is 0.507 e. The van der Waals surface area contributed by atoms with Crippen molar-refractivity contribution in [3.05, 3.63) is 99.0 Å². The Hall–Kier alpha value is -3.28. The fourth-order valence-corrected chi connectivity index (χ4v) is 4.29. The van der Waals surface area contributed by atoms with Gasteiger partial charge in [0.25, 0.3) is 11.7 Å². The van der Waals surface area contributed by atoms with Crippen LogP contribution in [-0.2, 0) is 9.59 Å². The first-order chi connectivity index (χ1) is 15.3. The van der Waals surface area contributed by atoms with Crippen LogP contribution >= 0.6 is 23.2 Å². The van der Waals surface area contributed by atoms with E-state index in [1.807, 2.05) is 31.2 Å². The smallest absolute Gasteiger partial charge is 0.300 e. The van der Waals surface area contributed by atoms with Gasteiger partial charge in [0.1, 0.15) is 11.5 Å². The van der Waals surface area contributed by atoms with Gasteiger partial charge in [0.05, 0.1) is 23.7 Å². The molecule has 1 aliphatic heterocycles. The van der Waals surface area contributed by atoms with Crippen LogP contribution in [0.5, 0.6) is 5.75 Å². The summed E-state index contributed by atoms with van der Waals surface area (Å²) in [4.78, 5) is 27.7. The van der Waals surface area contributed by atoms with Crippen LogP contribution in [0.15, 0.2) is 72.3 Å². The summed E-state index contributed by atoms with van der Waals surface area (Å²) in [7, 11) is 1.49. The van der Waals surface area contributed by atoms with Gasteiger partial charge in [0, 0.05) is 16.3 Å². The number of rotatable bonds is 4. The Morgan fingerprint density at radius 1 is 1.00 bits per heavy atom. The molecule has 1 unspecified atom stereocenters. The van der Waals surface area contributed by atoms with Gasteiger partial charge in [-0.3, -0.25) is 14.5 Å². The summed E-state index contributed by atoms with van der Waals surface area (Å²) >= 11 is 12.4. The van der Waals surface area contributed by atoms with Crippen molar-refractivity contribution in [3.8, 4) is 5.75 Å². The van der Waals surface area contributed by atoms with Crippen LogP contribution in [0.1, 0.15) is 22.7 Å². The minimum absolute atomic E-state index is 0.0187. The van der Waals surface area contributed by atoms with Crippen molar-refractivity contribution >= 4 is 46.3 Å². The van der Waals surface area contributed by atoms with Gasteiger partial charge in [0.15, 0.2) is 0 Å². The molecule has 162 valence electrons. The number of ether oxygens (including phenoxy) is 1. The Bertz CT molecular complexity index is 1270. The van der Waals surface area contributed by atoms with Crippen molar-refractivity contribution in [1.29, 1.82) is 0 Å². The van der Waals surface area contributed by atoms with Gasteiger partial charge in [-0.2, -0.15) is 0 Å². The number of Topliss-reactive ketones (excluding diaryl/α,β-unsaturated/α-hetero) is 1. The molecule has 1 amide bonds. The number of anilines is 1. The number of aliphatic hydroxyl groups excluding tert-OH is 1. The minimum Gasteiger partial charge on any atom is -0.507 e. The van der Waals surface area contributed by atoms with Gasteiger partial charge in [-0.05, 0) is 42.8 Å². The molecule has 0 aliphatic carbocycles. The second-order valence-electron chi connectivity index (χ2n) is 7.41. The molecule has 5 nitrogen and oxygen atoms in total. The van der Waals surface area contributed by atoms with Gasteiger partial charge in [-0.1, -0.05) is 65.2 Å². The lowest BCUT2D eigenvalue weighted by Gasteiger charge is -2.26. The van der Waals surface area contributed by atoms with Gasteiger partial charge >= 0.3 is 0 Å². The van der Waals surface area contributed by atoms with E-state index in [0.29, 0.717) is 32.6 Å². The van der Waals surface area contributed by atoms with E-state index in [9.17, 15) is 14.7 Å². The molecule has 1 saturated heterocycles. The molecule has 1 N–H and O–H groups in total. The molecule has 3 aromatic rings. The number of ketones is 1. The zero-order valence-electron chi connectivity index (χ0n) is 17.3. The van der Waals surface area contributed by atoms with Crippen molar-refractivity contribution in [2.24, 2.45) is 0 Å². The summed E-state index contributed by atoms with van der Waals surface area (Å²) < 4.78 is 5.20. The number of benzene rings is 3. The van der Waals surface area contributed by atoms with Gasteiger partial charge < -0.3 is 9.84 Å². The Balaban J connectivity index is 1.96. The molecule has 1 atom stereocenters. The molecular weight excluding hydrogens is 449 g/mol. The number of nitrogens with zero attached hydrogens (tertiary/aromatic N) is 1. The van der Waals surface area contributed by atoms with Crippen molar-refractivity contribution in [1.82, 2.24) is 0 Å². The zero-order chi connectivity index (χ0) is 23.0. The standard InChI is InChI=1S/C25H19Cl2NO4/c1-14-5-3-6-15(11-14)22-21(23(29)16-7-4-8-17(26)12-16)24(30)25(31)28(22)18-9-10-20(32-2)19(27)13-18/h3-13,22,29H,1-2H3/b23-21+. The summed E-state index contributed by atoms with van der Waals surface area (Å²) in [5, 5.41) is 11.8. The number of hydrogen-bond donors (Lipinski definition) is 1. The maximum atomic E-state index is 13.2. The second kappa shape index (κ2) is 8.69. The van der Waals surface area contributed by atoms with Crippen LogP contribution in [-0.4, -0.2) is 23.9 Å². The average molecular weight is 468 g/mol. The summed E-state index contributed by atoms with van der Waals surface area (Å²) in [5.41, 5.74) is 2.37. The van der Waals surface area contributed by atoms with Crippen molar-refractivity contribution in [3.63, 3.8) is 0 Å². The van der Waals surface area contributed by atoms with Crippen LogP contribution in [0.25, 0.3) is 5.76 Å². The Morgan fingerprint density at radius 2 is 1.75 bits per heavy atom. The van der Waals surface area contributed by atoms with Crippen LogP contribution in [0.3, 0.4) is 0 Å². The molecule has 1 aliphatic rings. The summed E-state index contributed by atoms with van der Waals surface area (Å²) in [6, 6.07) is 17.9. The van der Waals surface area contributed by atoms with Crippen LogP contribution < -0.4 is 9.64 Å². The highest BCUT2D eigenvalue weighted by Gasteiger charge is 2.47. The number of aliphatic hydroxyl groups is 1. The summed E-state index contributed by atoms with van der Waals surface area (Å²) in [5.74, 6) is -1.40. The fourth-order valence-electron chi connectivity index (χ4n) is 3.85. The van der Waals surface area contributed by atoms with Gasteiger partial charge in [-0.15, -0.1) is 0 Å². The third-order valence-electron chi connectivity index (χ3n) is 5.31. The number of methoxy groups -OCH3 is 1. The molecule has 1 heterocycles. The Labute approximate surface area is 195 Å². The monoisotopic (exact) mass is 467 g/mol. The van der Waals surface area contributed by atoms with E-state index in [2.05, 4.69) is 0 Å². The third kappa shape index (κ3) is 3.85. The van der Waals surface area contributed by atoms with E-state index in [1.165, 1.54) is 12.0 Å². The number of carbonyl (C=O) groups excluding carboxylic acids is 2. The van der Waals surface area contributed by atoms with E-state index >= 15 is 0 Å². The van der Waals surface area contributed by atoms with Crippen molar-refractivity contribution in [2.45, 2.75) is 13.0 Å². The molecule has 32 heavy (non-hydrogen) atoms. The second-order valence-corrected chi connectivity index (χ2v) is 8.26. The van der Waals surface area contributed by atoms with Crippen molar-refractivity contribution < 1.29 is 19.4 Å². The van der Waals surface area contributed by atoms with Gasteiger partial charge in [0.2, 0.25) is 0 Å². The van der Waals surface area contributed by atoms with Crippen LogP contribution in [0.4, 0.5) is 5.69 Å². The lowest BCUT2D eigenvalue weighted by molar-refractivity contribution is -0.132. The Kier molecular flexibility index (Phi) is 5.96. The first-order valence-corrected chi connectivity index (χ1v) is 10.5. The highest BCUT2D eigenvalue weighted by molar-refractivity contribution is 6.52. The predicted molar refractivity (Wildman–Crippen MR) is 125 cm³/mol. The molecular formula is C25H19Cl2NO4. The molecule has 7 heteroatoms. The first kappa shape index (κ1) is 21.9. The highest BCUT2D eigenvalue weighted by atomic mass is 35.5. The lowest BCUT2D eigenvalue weighted by Crippen LogP contribution is -2.29. The predicted octanol–water partition coefficient (Wildman–Crippen LogP) is 5.94. The number of hydrogen-bond acceptors (Lipinski definition) is 4. The molecule has 0 radical (unpaired) electrons. The maximum Gasteiger partial charge on any atom is 0.300 e. The number of halogens is 2. The van der Waals surface area contributed by atoms with Gasteiger partial charge in [-0.25, -0.2) is 0 Å². The van der Waals surface area contributed by atoms with E-state index < -0.39 is 17.7 Å². The van der Waals surface area contributed by atoms with E-state index in [1.54, 1.807) is 42.5 Å². The fraction of sp³-hybridized carbons (Fsp3) is 0.120. The SMILES string of the molecule is COc1ccc(N2C(=O)C(=O)/C(=C(/O)c3cccc(Cl)c3)C2c2cccc(C)c2)cc1Cl. The average Bonchev–Trinajstić information content (AvgIpc) is 3.04. The van der Waals surface area contributed by atoms with Crippen molar-refractivity contribution in [2.75, 3.05) is 12.0 Å². The van der Waals surface area contributed by atoms with E-state index in [4.69, 9.17) is 27.9 Å². The van der Waals surface area contributed by atoms with E-state index in [-0.39, 0.29) is 11.3 Å². The third-order valence-corrected chi connectivity index (χ3v) is 5.84. The molecule has 0 bridgehead atoms. The zero-order valence-corrected chi connectivity index (χ0v) is 18.8. The first-order valence-electron chi connectivity index (χ1n) is 9.79. The minimum atomic E-state index is -0.849. The molecule has 4 rings (SSSR count). The number of aryl methyl sites for hydroxylation is 1. The lowest BCUT2D eigenvalue weighted by atomic mass is 9.94. The maximum absolute atomic E-state index is 13.2. The van der Waals surface area contributed by atoms with E-state index in [0.717, 1.165) is 5.56 Å². The molecule has 0 aromatic heterocycles. The Morgan fingerprint density at radius 3 is 2.41 bits per heavy atom. The number of carbonyl (C=O) groups is 2. The van der Waals surface area contributed by atoms with Crippen LogP contribution in [0, 0.1) is 6.92 Å². The summed E-state index contributed by atoms with van der Waals surface area (Å²) in [6.07, 6.45) is 0. The quantitative estimate of drug-likeness (QED) is 0.293. The molecule has 0 spiro atoms. The number of amides is 1.